The first kappa shape index (κ1) is 15.9. The molecule has 4 aromatic rings. The van der Waals surface area contributed by atoms with E-state index in [1.165, 1.54) is 6.08 Å². The van der Waals surface area contributed by atoms with Crippen molar-refractivity contribution in [3.63, 3.8) is 0 Å². The number of nitrogens with one attached hydrogen (secondary N) is 1. The van der Waals surface area contributed by atoms with Crippen molar-refractivity contribution in [1.82, 2.24) is 15.0 Å². The fourth-order valence-electron chi connectivity index (χ4n) is 2.77. The van der Waals surface area contributed by atoms with E-state index < -0.39 is 17.5 Å². The summed E-state index contributed by atoms with van der Waals surface area (Å²) in [7, 11) is 0. The first-order valence-electron chi connectivity index (χ1n) is 7.71. The second-order valence-corrected chi connectivity index (χ2v) is 5.78. The number of halogens is 2. The highest BCUT2D eigenvalue weighted by Crippen LogP contribution is 2.27. The number of primary amides is 1. The van der Waals surface area contributed by atoms with Gasteiger partial charge in [0.25, 0.3) is 0 Å². The van der Waals surface area contributed by atoms with Gasteiger partial charge in [0.1, 0.15) is 5.65 Å². The Kier molecular flexibility index (Phi) is 3.69. The highest BCUT2D eigenvalue weighted by atomic mass is 19.2. The number of fused-ring (bicyclic) bond motifs is 2. The molecule has 0 saturated heterocycles. The quantitative estimate of drug-likeness (QED) is 0.554. The largest absolute Gasteiger partial charge is 0.366 e. The zero-order chi connectivity index (χ0) is 18.3. The summed E-state index contributed by atoms with van der Waals surface area (Å²) in [6.45, 7) is 0. The Morgan fingerprint density at radius 3 is 2.58 bits per heavy atom. The zero-order valence-corrected chi connectivity index (χ0v) is 13.3. The van der Waals surface area contributed by atoms with Crippen molar-refractivity contribution in [3.8, 4) is 11.1 Å². The van der Waals surface area contributed by atoms with Gasteiger partial charge < -0.3 is 10.7 Å². The average Bonchev–Trinajstić information content (AvgIpc) is 3.03. The number of rotatable bonds is 3. The third-order valence-corrected chi connectivity index (χ3v) is 4.05. The number of pyridine rings is 2. The van der Waals surface area contributed by atoms with Crippen LogP contribution in [0.25, 0.3) is 39.1 Å². The molecular weight excluding hydrogens is 338 g/mol. The van der Waals surface area contributed by atoms with Crippen molar-refractivity contribution in [2.75, 3.05) is 0 Å². The highest BCUT2D eigenvalue weighted by molar-refractivity contribution is 5.96. The van der Waals surface area contributed by atoms with Crippen LogP contribution in [0.1, 0.15) is 5.56 Å². The number of carbonyl (C=O) groups is 1. The average molecular weight is 350 g/mol. The molecule has 0 unspecified atom stereocenters. The number of carbonyl (C=O) groups excluding carboxylic acids is 1. The van der Waals surface area contributed by atoms with Gasteiger partial charge in [-0.15, -0.1) is 0 Å². The third-order valence-electron chi connectivity index (χ3n) is 4.05. The van der Waals surface area contributed by atoms with Crippen molar-refractivity contribution < 1.29 is 13.6 Å². The fourth-order valence-corrected chi connectivity index (χ4v) is 2.77. The second-order valence-electron chi connectivity index (χ2n) is 5.78. The second kappa shape index (κ2) is 6.03. The summed E-state index contributed by atoms with van der Waals surface area (Å²) in [6.07, 6.45) is 7.82. The molecule has 3 heterocycles. The Labute approximate surface area is 146 Å². The van der Waals surface area contributed by atoms with E-state index in [0.29, 0.717) is 22.1 Å². The van der Waals surface area contributed by atoms with E-state index in [-0.39, 0.29) is 0 Å². The molecule has 0 aliphatic rings. The number of benzene rings is 1. The summed E-state index contributed by atoms with van der Waals surface area (Å²) in [5.41, 5.74) is 8.38. The molecule has 4 rings (SSSR count). The topological polar surface area (TPSA) is 84.7 Å². The van der Waals surface area contributed by atoms with Gasteiger partial charge in [-0.1, -0.05) is 0 Å². The minimum Gasteiger partial charge on any atom is -0.366 e. The third kappa shape index (κ3) is 2.79. The number of hydrogen-bond acceptors (Lipinski definition) is 3. The smallest absolute Gasteiger partial charge is 0.241 e. The highest BCUT2D eigenvalue weighted by Gasteiger charge is 2.09. The molecule has 0 aliphatic carbocycles. The minimum atomic E-state index is -0.931. The first-order valence-corrected chi connectivity index (χ1v) is 7.71. The Hall–Kier alpha value is -3.61. The van der Waals surface area contributed by atoms with E-state index >= 15 is 0 Å². The Bertz CT molecular complexity index is 1200. The number of amides is 1. The number of nitrogens with zero attached hydrogens (tertiary/aromatic N) is 2. The number of aromatic amines is 1. The van der Waals surface area contributed by atoms with Crippen LogP contribution in [-0.4, -0.2) is 20.9 Å². The molecule has 1 amide bonds. The van der Waals surface area contributed by atoms with Crippen molar-refractivity contribution in [1.29, 1.82) is 0 Å². The summed E-state index contributed by atoms with van der Waals surface area (Å²) in [6, 6.07) is 5.78. The Morgan fingerprint density at radius 2 is 1.77 bits per heavy atom. The molecule has 0 aliphatic heterocycles. The first-order chi connectivity index (χ1) is 12.5. The van der Waals surface area contributed by atoms with E-state index in [4.69, 9.17) is 5.73 Å². The van der Waals surface area contributed by atoms with E-state index in [0.717, 1.165) is 28.6 Å². The Balaban J connectivity index is 1.83. The summed E-state index contributed by atoms with van der Waals surface area (Å²) >= 11 is 0. The molecule has 0 spiro atoms. The molecule has 26 heavy (non-hydrogen) atoms. The van der Waals surface area contributed by atoms with Gasteiger partial charge in [-0.2, -0.15) is 0 Å². The monoisotopic (exact) mass is 350 g/mol. The standard InChI is InChI=1S/C19H12F2N4O/c20-15-5-11-3-12(8-23-17(11)6-16(15)21)13-4-14-10(1-2-18(22)26)7-24-19(14)25-9-13/h1-9H,(H2,22,26)(H,24,25)/b2-1+. The predicted octanol–water partition coefficient (Wildman–Crippen LogP) is 3.55. The maximum atomic E-state index is 13.5. The number of nitrogens with two attached hydrogens (primary N) is 1. The lowest BCUT2D eigenvalue weighted by Crippen LogP contribution is -2.04. The van der Waals surface area contributed by atoms with Gasteiger partial charge in [0.05, 0.1) is 5.52 Å². The van der Waals surface area contributed by atoms with Gasteiger partial charge in [0, 0.05) is 58.2 Å². The van der Waals surface area contributed by atoms with Crippen molar-refractivity contribution in [2.45, 2.75) is 0 Å². The van der Waals surface area contributed by atoms with Crippen LogP contribution in [0.3, 0.4) is 0 Å². The summed E-state index contributed by atoms with van der Waals surface area (Å²) in [5, 5.41) is 1.29. The molecule has 3 N–H and O–H groups in total. The van der Waals surface area contributed by atoms with Crippen molar-refractivity contribution in [2.24, 2.45) is 5.73 Å². The maximum absolute atomic E-state index is 13.5. The fraction of sp³-hybridized carbons (Fsp3) is 0. The molecule has 0 atom stereocenters. The number of H-pyrrole nitrogens is 1. The van der Waals surface area contributed by atoms with Gasteiger partial charge in [0.15, 0.2) is 11.6 Å². The summed E-state index contributed by atoms with van der Waals surface area (Å²) < 4.78 is 26.8. The molecule has 0 radical (unpaired) electrons. The van der Waals surface area contributed by atoms with Crippen LogP contribution in [0.4, 0.5) is 8.78 Å². The lowest BCUT2D eigenvalue weighted by molar-refractivity contribution is -0.113. The van der Waals surface area contributed by atoms with E-state index in [2.05, 4.69) is 15.0 Å². The van der Waals surface area contributed by atoms with E-state index in [9.17, 15) is 13.6 Å². The maximum Gasteiger partial charge on any atom is 0.241 e. The molecule has 7 heteroatoms. The van der Waals surface area contributed by atoms with Gasteiger partial charge in [-0.05, 0) is 24.3 Å². The van der Waals surface area contributed by atoms with Gasteiger partial charge in [-0.25, -0.2) is 13.8 Å². The molecule has 3 aromatic heterocycles. The van der Waals surface area contributed by atoms with Crippen LogP contribution in [0.2, 0.25) is 0 Å². The summed E-state index contributed by atoms with van der Waals surface area (Å²) in [5.74, 6) is -2.40. The van der Waals surface area contributed by atoms with Gasteiger partial charge >= 0.3 is 0 Å². The normalized spacial score (nSPS) is 11.6. The van der Waals surface area contributed by atoms with Crippen LogP contribution >= 0.6 is 0 Å². The van der Waals surface area contributed by atoms with Crippen molar-refractivity contribution in [3.05, 3.63) is 66.1 Å². The zero-order valence-electron chi connectivity index (χ0n) is 13.3. The van der Waals surface area contributed by atoms with Crippen LogP contribution in [0.5, 0.6) is 0 Å². The van der Waals surface area contributed by atoms with Gasteiger partial charge in [0.2, 0.25) is 5.91 Å². The summed E-state index contributed by atoms with van der Waals surface area (Å²) in [4.78, 5) is 22.5. The van der Waals surface area contributed by atoms with Gasteiger partial charge in [-0.3, -0.25) is 9.78 Å². The van der Waals surface area contributed by atoms with E-state index in [1.54, 1.807) is 30.7 Å². The predicted molar refractivity (Wildman–Crippen MR) is 95.0 cm³/mol. The minimum absolute atomic E-state index is 0.369. The van der Waals surface area contributed by atoms with Crippen molar-refractivity contribution >= 4 is 33.9 Å². The number of aromatic nitrogens is 3. The SMILES string of the molecule is NC(=O)/C=C/c1c[nH]c2ncc(-c3cnc4cc(F)c(F)cc4c3)cc12. The molecule has 0 bridgehead atoms. The Morgan fingerprint density at radius 1 is 1.04 bits per heavy atom. The van der Waals surface area contributed by atoms with Crippen LogP contribution in [0.15, 0.2) is 48.9 Å². The van der Waals surface area contributed by atoms with Crippen LogP contribution in [-0.2, 0) is 4.79 Å². The molecule has 5 nitrogen and oxygen atoms in total. The number of hydrogen-bond donors (Lipinski definition) is 2. The van der Waals surface area contributed by atoms with Crippen LogP contribution in [0, 0.1) is 11.6 Å². The molecule has 0 saturated carbocycles. The van der Waals surface area contributed by atoms with E-state index in [1.807, 2.05) is 6.07 Å². The molecule has 0 fully saturated rings. The molecule has 1 aromatic carbocycles. The lowest BCUT2D eigenvalue weighted by Gasteiger charge is -2.05. The molecule has 128 valence electrons. The molecular formula is C19H12F2N4O. The lowest BCUT2D eigenvalue weighted by atomic mass is 10.0. The van der Waals surface area contributed by atoms with Crippen LogP contribution < -0.4 is 5.73 Å².